The second kappa shape index (κ2) is 1.66. The molecule has 1 fully saturated rings. The highest BCUT2D eigenvalue weighted by Gasteiger charge is 2.64. The van der Waals surface area contributed by atoms with Gasteiger partial charge in [0.25, 0.3) is 0 Å². The van der Waals surface area contributed by atoms with Crippen molar-refractivity contribution in [2.75, 3.05) is 0 Å². The molecule has 0 aromatic rings. The number of nitriles is 1. The van der Waals surface area contributed by atoms with E-state index in [0.29, 0.717) is 0 Å². The average molecular weight is 149 g/mol. The van der Waals surface area contributed by atoms with Gasteiger partial charge in [-0.15, -0.1) is 0 Å². The van der Waals surface area contributed by atoms with Gasteiger partial charge >= 0.3 is 6.18 Å². The molecular formula is C6H6F3N. The van der Waals surface area contributed by atoms with Crippen molar-refractivity contribution >= 4 is 0 Å². The molecule has 1 nitrogen and oxygen atoms in total. The molecule has 0 N–H and O–H groups in total. The first-order valence-electron chi connectivity index (χ1n) is 2.88. The van der Waals surface area contributed by atoms with Crippen LogP contribution in [0.2, 0.25) is 0 Å². The lowest BCUT2D eigenvalue weighted by molar-refractivity contribution is -0.153. The van der Waals surface area contributed by atoms with Gasteiger partial charge in [-0.3, -0.25) is 0 Å². The Balaban J connectivity index is 2.63. The van der Waals surface area contributed by atoms with Gasteiger partial charge in [-0.25, -0.2) is 0 Å². The number of hydrogen-bond donors (Lipinski definition) is 0. The maximum absolute atomic E-state index is 11.8. The van der Waals surface area contributed by atoms with E-state index in [1.807, 2.05) is 0 Å². The number of nitrogens with zero attached hydrogens (tertiary/aromatic N) is 1. The largest absolute Gasteiger partial charge is 0.393 e. The summed E-state index contributed by atoms with van der Waals surface area (Å²) >= 11 is 0. The quantitative estimate of drug-likeness (QED) is 0.517. The van der Waals surface area contributed by atoms with Gasteiger partial charge in [0, 0.05) is 0 Å². The number of halogens is 3. The maximum atomic E-state index is 11.8. The maximum Gasteiger partial charge on any atom is 0.393 e. The first-order chi connectivity index (χ1) is 4.40. The van der Waals surface area contributed by atoms with Crippen LogP contribution in [0.3, 0.4) is 0 Å². The van der Waals surface area contributed by atoms with Crippen LogP contribution in [0, 0.1) is 22.7 Å². The molecule has 56 valence electrons. The molecule has 0 aromatic carbocycles. The van der Waals surface area contributed by atoms with Crippen LogP contribution in [0.15, 0.2) is 0 Å². The molecule has 1 unspecified atom stereocenters. The van der Waals surface area contributed by atoms with Gasteiger partial charge in [0.05, 0.1) is 17.4 Å². The van der Waals surface area contributed by atoms with E-state index in [4.69, 9.17) is 5.26 Å². The van der Waals surface area contributed by atoms with Crippen LogP contribution in [-0.4, -0.2) is 6.18 Å². The lowest BCUT2D eigenvalue weighted by Crippen LogP contribution is -2.14. The zero-order valence-electron chi connectivity index (χ0n) is 5.37. The Bertz CT molecular complexity index is 190. The zero-order chi connectivity index (χ0) is 7.99. The summed E-state index contributed by atoms with van der Waals surface area (Å²) in [6.07, 6.45) is -4.21. The molecule has 1 saturated carbocycles. The van der Waals surface area contributed by atoms with Crippen LogP contribution in [0.1, 0.15) is 13.3 Å². The van der Waals surface area contributed by atoms with Crippen LogP contribution in [0.25, 0.3) is 0 Å². The van der Waals surface area contributed by atoms with Crippen molar-refractivity contribution < 1.29 is 13.2 Å². The van der Waals surface area contributed by atoms with E-state index in [-0.39, 0.29) is 6.42 Å². The molecule has 0 saturated heterocycles. The highest BCUT2D eigenvalue weighted by atomic mass is 19.4. The van der Waals surface area contributed by atoms with E-state index in [2.05, 4.69) is 0 Å². The minimum atomic E-state index is -4.18. The van der Waals surface area contributed by atoms with Gasteiger partial charge in [0.15, 0.2) is 0 Å². The molecule has 0 aromatic heterocycles. The fourth-order valence-electron chi connectivity index (χ4n) is 0.966. The Labute approximate surface area is 56.4 Å². The van der Waals surface area contributed by atoms with Crippen LogP contribution >= 0.6 is 0 Å². The average Bonchev–Trinajstić information content (AvgIpc) is 2.43. The standard InChI is InChI=1S/C6H6F3N/c1-5(3-10)2-4(5)6(7,8)9/h4H,2H2,1H3/t4?,5-/m0/s1. The van der Waals surface area contributed by atoms with Gasteiger partial charge in [0.1, 0.15) is 0 Å². The smallest absolute Gasteiger partial charge is 0.198 e. The molecule has 0 bridgehead atoms. The van der Waals surface area contributed by atoms with Crippen molar-refractivity contribution in [2.24, 2.45) is 11.3 Å². The Morgan fingerprint density at radius 3 is 2.20 bits per heavy atom. The molecule has 0 heterocycles. The van der Waals surface area contributed by atoms with Crippen molar-refractivity contribution in [3.05, 3.63) is 0 Å². The predicted octanol–water partition coefficient (Wildman–Crippen LogP) is 2.10. The molecule has 1 rings (SSSR count). The molecule has 1 aliphatic carbocycles. The van der Waals surface area contributed by atoms with Crippen LogP contribution in [0.5, 0.6) is 0 Å². The van der Waals surface area contributed by atoms with E-state index in [9.17, 15) is 13.2 Å². The molecule has 0 spiro atoms. The van der Waals surface area contributed by atoms with Gasteiger partial charge in [-0.05, 0) is 13.3 Å². The number of rotatable bonds is 0. The third-order valence-electron chi connectivity index (χ3n) is 1.89. The highest BCUT2D eigenvalue weighted by molar-refractivity contribution is 5.15. The second-order valence-corrected chi connectivity index (χ2v) is 2.83. The van der Waals surface area contributed by atoms with E-state index < -0.39 is 17.5 Å². The van der Waals surface area contributed by atoms with E-state index in [1.165, 1.54) is 6.92 Å². The summed E-state index contributed by atoms with van der Waals surface area (Å²) in [4.78, 5) is 0. The molecule has 10 heavy (non-hydrogen) atoms. The molecule has 4 heteroatoms. The van der Waals surface area contributed by atoms with E-state index in [1.54, 1.807) is 6.07 Å². The molecule has 0 aliphatic heterocycles. The first-order valence-corrected chi connectivity index (χ1v) is 2.88. The Hall–Kier alpha value is -0.720. The van der Waals surface area contributed by atoms with Crippen molar-refractivity contribution in [1.29, 1.82) is 5.26 Å². The monoisotopic (exact) mass is 149 g/mol. The molecule has 0 amide bonds. The summed E-state index contributed by atoms with van der Waals surface area (Å²) in [5, 5.41) is 8.25. The number of hydrogen-bond acceptors (Lipinski definition) is 1. The molecule has 2 atom stereocenters. The van der Waals surface area contributed by atoms with Crippen LogP contribution in [-0.2, 0) is 0 Å². The Kier molecular flexibility index (Phi) is 1.22. The second-order valence-electron chi connectivity index (χ2n) is 2.83. The summed E-state index contributed by atoms with van der Waals surface area (Å²) in [5.74, 6) is -1.38. The number of alkyl halides is 3. The normalized spacial score (nSPS) is 38.9. The summed E-state index contributed by atoms with van der Waals surface area (Å²) in [6, 6.07) is 1.65. The first kappa shape index (κ1) is 7.39. The van der Waals surface area contributed by atoms with E-state index in [0.717, 1.165) is 0 Å². The Morgan fingerprint density at radius 1 is 1.60 bits per heavy atom. The van der Waals surface area contributed by atoms with Crippen molar-refractivity contribution in [3.63, 3.8) is 0 Å². The lowest BCUT2D eigenvalue weighted by atomic mass is 10.1. The van der Waals surface area contributed by atoms with Gasteiger partial charge in [-0.2, -0.15) is 18.4 Å². The zero-order valence-corrected chi connectivity index (χ0v) is 5.37. The lowest BCUT2D eigenvalue weighted by Gasteiger charge is -2.04. The van der Waals surface area contributed by atoms with Crippen molar-refractivity contribution in [3.8, 4) is 6.07 Å². The van der Waals surface area contributed by atoms with Crippen molar-refractivity contribution in [2.45, 2.75) is 19.5 Å². The summed E-state index contributed by atoms with van der Waals surface area (Å²) in [7, 11) is 0. The predicted molar refractivity (Wildman–Crippen MR) is 27.9 cm³/mol. The fourth-order valence-corrected chi connectivity index (χ4v) is 0.966. The molecule has 1 aliphatic rings. The van der Waals surface area contributed by atoms with Crippen molar-refractivity contribution in [1.82, 2.24) is 0 Å². The fraction of sp³-hybridized carbons (Fsp3) is 0.833. The summed E-state index contributed by atoms with van der Waals surface area (Å²) in [6.45, 7) is 1.34. The Morgan fingerprint density at radius 2 is 2.10 bits per heavy atom. The third-order valence-corrected chi connectivity index (χ3v) is 1.89. The van der Waals surface area contributed by atoms with Gasteiger partial charge in [0.2, 0.25) is 0 Å². The molecular weight excluding hydrogens is 143 g/mol. The topological polar surface area (TPSA) is 23.8 Å². The minimum Gasteiger partial charge on any atom is -0.198 e. The highest BCUT2D eigenvalue weighted by Crippen LogP contribution is 2.59. The van der Waals surface area contributed by atoms with Crippen LogP contribution < -0.4 is 0 Å². The SMILES string of the molecule is C[C@@]1(C#N)CC1C(F)(F)F. The van der Waals surface area contributed by atoms with Crippen LogP contribution in [0.4, 0.5) is 13.2 Å². The summed E-state index contributed by atoms with van der Waals surface area (Å²) < 4.78 is 35.3. The molecule has 0 radical (unpaired) electrons. The van der Waals surface area contributed by atoms with E-state index >= 15 is 0 Å². The third kappa shape index (κ3) is 0.962. The summed E-state index contributed by atoms with van der Waals surface area (Å²) in [5.41, 5.74) is -1.13. The van der Waals surface area contributed by atoms with Gasteiger partial charge in [-0.1, -0.05) is 0 Å². The minimum absolute atomic E-state index is 0.0347. The van der Waals surface area contributed by atoms with Gasteiger partial charge < -0.3 is 0 Å².